The van der Waals surface area contributed by atoms with Crippen LogP contribution >= 0.6 is 0 Å². The second kappa shape index (κ2) is 9.56. The van der Waals surface area contributed by atoms with Crippen molar-refractivity contribution >= 4 is 17.5 Å². The van der Waals surface area contributed by atoms with Gasteiger partial charge in [0.25, 0.3) is 11.5 Å². The number of aromatic hydroxyl groups is 1. The highest BCUT2D eigenvalue weighted by Crippen LogP contribution is 2.39. The maximum absolute atomic E-state index is 13.9. The summed E-state index contributed by atoms with van der Waals surface area (Å²) in [5, 5.41) is 16.2. The van der Waals surface area contributed by atoms with Crippen molar-refractivity contribution in [3.8, 4) is 5.75 Å². The molecule has 4 rings (SSSR count). The van der Waals surface area contributed by atoms with E-state index in [9.17, 15) is 27.9 Å². The normalized spacial score (nSPS) is 12.2. The predicted octanol–water partition coefficient (Wildman–Crippen LogP) is 3.97. The van der Waals surface area contributed by atoms with Crippen LogP contribution < -0.4 is 15.8 Å². The van der Waals surface area contributed by atoms with Gasteiger partial charge in [0, 0.05) is 14.1 Å². The number of nitrogens with zero attached hydrogens (tertiary/aromatic N) is 4. The van der Waals surface area contributed by atoms with Gasteiger partial charge in [0.2, 0.25) is 11.7 Å². The van der Waals surface area contributed by atoms with E-state index >= 15 is 0 Å². The highest BCUT2D eigenvalue weighted by atomic mass is 19.4. The van der Waals surface area contributed by atoms with Crippen LogP contribution in [0, 0.1) is 0 Å². The van der Waals surface area contributed by atoms with E-state index in [1.807, 2.05) is 0 Å². The van der Waals surface area contributed by atoms with Gasteiger partial charge in [0.15, 0.2) is 5.69 Å². The van der Waals surface area contributed by atoms with E-state index < -0.39 is 40.7 Å². The van der Waals surface area contributed by atoms with Crippen LogP contribution in [0.5, 0.6) is 5.75 Å². The highest BCUT2D eigenvalue weighted by molar-refractivity contribution is 6.04. The lowest BCUT2D eigenvalue weighted by molar-refractivity contribution is -0.138. The molecule has 2 N–H and O–H groups in total. The molecule has 9 nitrogen and oxygen atoms in total. The fourth-order valence-electron chi connectivity index (χ4n) is 3.87. The third kappa shape index (κ3) is 4.65. The molecule has 2 aromatic heterocycles. The summed E-state index contributed by atoms with van der Waals surface area (Å²) >= 11 is 0. The molecule has 0 bridgehead atoms. The van der Waals surface area contributed by atoms with Gasteiger partial charge in [0.05, 0.1) is 17.8 Å². The van der Waals surface area contributed by atoms with Crippen molar-refractivity contribution in [1.82, 2.24) is 14.7 Å². The number of rotatable bonds is 6. The van der Waals surface area contributed by atoms with Crippen molar-refractivity contribution in [3.63, 3.8) is 0 Å². The van der Waals surface area contributed by atoms with Crippen LogP contribution in [-0.4, -0.2) is 32.8 Å². The SMILES string of the molecule is CN(c1nc(C(=O)Nc2cnoc2)c(O)c(=O)n1C)C(c1ccccc1)c1ccccc1C(F)(F)F. The summed E-state index contributed by atoms with van der Waals surface area (Å²) in [6.07, 6.45) is -2.33. The molecule has 0 aliphatic heterocycles. The molecule has 2 aromatic carbocycles. The van der Waals surface area contributed by atoms with Crippen LogP contribution in [0.3, 0.4) is 0 Å². The first kappa shape index (κ1) is 24.5. The third-order valence-electron chi connectivity index (χ3n) is 5.53. The lowest BCUT2D eigenvalue weighted by Gasteiger charge is -2.32. The van der Waals surface area contributed by atoms with Crippen LogP contribution in [-0.2, 0) is 13.2 Å². The standard InChI is InChI=1S/C24H20F3N5O4/c1-31(19(14-8-4-3-5-9-14)16-10-6-7-11-17(16)24(25,26)27)23-30-18(20(33)22(35)32(23)2)21(34)29-15-12-28-36-13-15/h3-13,19,33H,1-2H3,(H,29,34). The number of alkyl halides is 3. The molecular weight excluding hydrogens is 479 g/mol. The van der Waals surface area contributed by atoms with E-state index in [-0.39, 0.29) is 17.2 Å². The fourth-order valence-corrected chi connectivity index (χ4v) is 3.87. The lowest BCUT2D eigenvalue weighted by atomic mass is 9.93. The largest absolute Gasteiger partial charge is 0.501 e. The Kier molecular flexibility index (Phi) is 6.51. The summed E-state index contributed by atoms with van der Waals surface area (Å²) in [7, 11) is 2.74. The van der Waals surface area contributed by atoms with Crippen molar-refractivity contribution in [2.24, 2.45) is 7.05 Å². The molecule has 0 radical (unpaired) electrons. The van der Waals surface area contributed by atoms with Crippen molar-refractivity contribution in [2.45, 2.75) is 12.2 Å². The highest BCUT2D eigenvalue weighted by Gasteiger charge is 2.37. The second-order valence-electron chi connectivity index (χ2n) is 7.85. The van der Waals surface area contributed by atoms with Gasteiger partial charge in [-0.15, -0.1) is 0 Å². The average Bonchev–Trinajstić information content (AvgIpc) is 3.36. The molecule has 0 aliphatic carbocycles. The minimum Gasteiger partial charge on any atom is -0.501 e. The summed E-state index contributed by atoms with van der Waals surface area (Å²) in [5.41, 5.74) is -1.89. The molecule has 4 aromatic rings. The summed E-state index contributed by atoms with van der Waals surface area (Å²) < 4.78 is 47.4. The Morgan fingerprint density at radius 2 is 1.81 bits per heavy atom. The molecule has 1 unspecified atom stereocenters. The van der Waals surface area contributed by atoms with Gasteiger partial charge >= 0.3 is 6.18 Å². The summed E-state index contributed by atoms with van der Waals surface area (Å²) in [5.74, 6) is -2.01. The number of hydrogen-bond donors (Lipinski definition) is 2. The molecule has 0 saturated carbocycles. The Morgan fingerprint density at radius 3 is 2.44 bits per heavy atom. The van der Waals surface area contributed by atoms with Gasteiger partial charge in [0.1, 0.15) is 12.0 Å². The number of anilines is 2. The van der Waals surface area contributed by atoms with Crippen LogP contribution in [0.25, 0.3) is 0 Å². The van der Waals surface area contributed by atoms with Crippen molar-refractivity contribution in [2.75, 3.05) is 17.3 Å². The van der Waals surface area contributed by atoms with Gasteiger partial charge in [-0.3, -0.25) is 14.2 Å². The Labute approximate surface area is 202 Å². The van der Waals surface area contributed by atoms with E-state index in [1.165, 1.54) is 43.4 Å². The Hall–Kier alpha value is -4.61. The van der Waals surface area contributed by atoms with Crippen LogP contribution in [0.2, 0.25) is 0 Å². The van der Waals surface area contributed by atoms with E-state index in [0.717, 1.165) is 16.9 Å². The number of hydrogen-bond acceptors (Lipinski definition) is 7. The maximum Gasteiger partial charge on any atom is 0.416 e. The molecule has 1 atom stereocenters. The molecule has 0 saturated heterocycles. The zero-order valence-corrected chi connectivity index (χ0v) is 19.0. The minimum absolute atomic E-state index is 0.0866. The Bertz CT molecular complexity index is 1440. The van der Waals surface area contributed by atoms with Crippen LogP contribution in [0.4, 0.5) is 24.8 Å². The number of carbonyl (C=O) groups excluding carboxylic acids is 1. The molecule has 0 spiro atoms. The Morgan fingerprint density at radius 1 is 1.14 bits per heavy atom. The molecular formula is C24H20F3N5O4. The van der Waals surface area contributed by atoms with Gasteiger partial charge in [-0.05, 0) is 17.2 Å². The number of halogens is 3. The van der Waals surface area contributed by atoms with Crippen LogP contribution in [0.1, 0.15) is 33.2 Å². The zero-order valence-electron chi connectivity index (χ0n) is 19.0. The predicted molar refractivity (Wildman–Crippen MR) is 124 cm³/mol. The molecule has 12 heteroatoms. The molecule has 36 heavy (non-hydrogen) atoms. The first-order valence-corrected chi connectivity index (χ1v) is 10.5. The lowest BCUT2D eigenvalue weighted by Crippen LogP contribution is -2.35. The van der Waals surface area contributed by atoms with Gasteiger partial charge in [-0.1, -0.05) is 53.7 Å². The van der Waals surface area contributed by atoms with Crippen molar-refractivity contribution in [3.05, 3.63) is 99.8 Å². The monoisotopic (exact) mass is 499 g/mol. The summed E-state index contributed by atoms with van der Waals surface area (Å²) in [6, 6.07) is 12.4. The van der Waals surface area contributed by atoms with E-state index in [0.29, 0.717) is 5.56 Å². The first-order valence-electron chi connectivity index (χ1n) is 10.5. The number of benzene rings is 2. The summed E-state index contributed by atoms with van der Waals surface area (Å²) in [6.45, 7) is 0. The molecule has 0 aliphatic rings. The van der Waals surface area contributed by atoms with Crippen molar-refractivity contribution < 1.29 is 27.6 Å². The van der Waals surface area contributed by atoms with Crippen LogP contribution in [0.15, 0.2) is 76.4 Å². The minimum atomic E-state index is -4.65. The molecule has 0 fully saturated rings. The quantitative estimate of drug-likeness (QED) is 0.413. The number of amides is 1. The third-order valence-corrected chi connectivity index (χ3v) is 5.53. The van der Waals surface area contributed by atoms with E-state index in [2.05, 4.69) is 20.0 Å². The molecule has 1 amide bonds. The van der Waals surface area contributed by atoms with Gasteiger partial charge in [-0.2, -0.15) is 13.2 Å². The van der Waals surface area contributed by atoms with Crippen molar-refractivity contribution in [1.29, 1.82) is 0 Å². The fraction of sp³-hybridized carbons (Fsp3) is 0.167. The van der Waals surface area contributed by atoms with E-state index in [1.54, 1.807) is 30.3 Å². The average molecular weight is 499 g/mol. The van der Waals surface area contributed by atoms with E-state index in [4.69, 9.17) is 0 Å². The summed E-state index contributed by atoms with van der Waals surface area (Å²) in [4.78, 5) is 31.1. The number of carbonyl (C=O) groups is 1. The second-order valence-corrected chi connectivity index (χ2v) is 7.85. The first-order chi connectivity index (χ1) is 17.1. The topological polar surface area (TPSA) is 113 Å². The maximum atomic E-state index is 13.9. The van der Waals surface area contributed by atoms with Gasteiger partial charge < -0.3 is 19.8 Å². The number of nitrogens with one attached hydrogen (secondary N) is 1. The smallest absolute Gasteiger partial charge is 0.416 e. The zero-order chi connectivity index (χ0) is 26.0. The van der Waals surface area contributed by atoms with Gasteiger partial charge in [-0.25, -0.2) is 4.98 Å². The number of aromatic nitrogens is 3. The molecule has 186 valence electrons. The Balaban J connectivity index is 1.88. The molecule has 2 heterocycles.